The molecule has 2 heterocycles. The van der Waals surface area contributed by atoms with Gasteiger partial charge in [0.2, 0.25) is 0 Å². The predicted octanol–water partition coefficient (Wildman–Crippen LogP) is 3.86. The molecule has 0 spiro atoms. The highest BCUT2D eigenvalue weighted by molar-refractivity contribution is 5.53. The van der Waals surface area contributed by atoms with Gasteiger partial charge in [0.1, 0.15) is 11.6 Å². The summed E-state index contributed by atoms with van der Waals surface area (Å²) < 4.78 is 21.9. The maximum absolute atomic E-state index is 15.0. The molecule has 0 aliphatic carbocycles. The second-order valence-electron chi connectivity index (χ2n) is 7.90. The Hall–Kier alpha value is -2.99. The van der Waals surface area contributed by atoms with E-state index in [2.05, 4.69) is 36.2 Å². The van der Waals surface area contributed by atoms with Crippen molar-refractivity contribution in [3.63, 3.8) is 0 Å². The molecule has 0 bridgehead atoms. The molecular weight excluding hydrogens is 393 g/mol. The molecule has 5 nitrogen and oxygen atoms in total. The lowest BCUT2D eigenvalue weighted by molar-refractivity contribution is 0.122. The van der Waals surface area contributed by atoms with E-state index in [1.807, 2.05) is 11.8 Å². The number of nitrogens with zero attached hydrogens (tertiary/aromatic N) is 3. The van der Waals surface area contributed by atoms with E-state index in [0.717, 1.165) is 12.8 Å². The number of aryl methyl sites for hydroxylation is 4. The van der Waals surface area contributed by atoms with Crippen LogP contribution in [0.2, 0.25) is 0 Å². The van der Waals surface area contributed by atoms with E-state index in [-0.39, 0.29) is 11.4 Å². The molecule has 1 fully saturated rings. The number of morpholine rings is 1. The summed E-state index contributed by atoms with van der Waals surface area (Å²) in [6, 6.07) is 14.9. The molecule has 2 aromatic carbocycles. The van der Waals surface area contributed by atoms with Crippen LogP contribution in [0.5, 0.6) is 0 Å². The summed E-state index contributed by atoms with van der Waals surface area (Å²) in [5.74, 6) is 0.305. The molecule has 6 heteroatoms. The number of rotatable bonds is 6. The molecule has 31 heavy (non-hydrogen) atoms. The van der Waals surface area contributed by atoms with Crippen LogP contribution < -0.4 is 10.5 Å². The molecule has 3 aromatic rings. The monoisotopic (exact) mass is 421 g/mol. The van der Waals surface area contributed by atoms with E-state index < -0.39 is 0 Å². The van der Waals surface area contributed by atoms with Gasteiger partial charge in [0.05, 0.1) is 24.6 Å². The molecule has 0 amide bonds. The molecule has 0 atom stereocenters. The first-order chi connectivity index (χ1) is 15.0. The van der Waals surface area contributed by atoms with Crippen molar-refractivity contribution in [1.29, 1.82) is 0 Å². The second kappa shape index (κ2) is 9.43. The lowest BCUT2D eigenvalue weighted by Crippen LogP contribution is -2.36. The Morgan fingerprint density at radius 1 is 1.03 bits per heavy atom. The molecule has 4 rings (SSSR count). The lowest BCUT2D eigenvalue weighted by Gasteiger charge is -2.29. The number of benzene rings is 2. The van der Waals surface area contributed by atoms with Gasteiger partial charge in [-0.3, -0.25) is 9.36 Å². The Labute approximate surface area is 182 Å². The van der Waals surface area contributed by atoms with Gasteiger partial charge in [0.15, 0.2) is 0 Å². The minimum atomic E-state index is -0.339. The topological polar surface area (TPSA) is 47.4 Å². The highest BCUT2D eigenvalue weighted by Gasteiger charge is 2.17. The Morgan fingerprint density at radius 2 is 1.81 bits per heavy atom. The molecule has 1 aliphatic heterocycles. The van der Waals surface area contributed by atoms with Crippen LogP contribution in [0.1, 0.15) is 29.6 Å². The van der Waals surface area contributed by atoms with Crippen molar-refractivity contribution in [1.82, 2.24) is 9.55 Å². The zero-order valence-electron chi connectivity index (χ0n) is 18.1. The summed E-state index contributed by atoms with van der Waals surface area (Å²) in [4.78, 5) is 19.4. The minimum Gasteiger partial charge on any atom is -0.378 e. The molecule has 1 aromatic heterocycles. The van der Waals surface area contributed by atoms with Gasteiger partial charge in [-0.25, -0.2) is 9.37 Å². The van der Waals surface area contributed by atoms with Crippen molar-refractivity contribution in [2.75, 3.05) is 31.2 Å². The summed E-state index contributed by atoms with van der Waals surface area (Å²) in [6.07, 6.45) is 2.34. The van der Waals surface area contributed by atoms with Gasteiger partial charge in [-0.1, -0.05) is 31.2 Å². The Morgan fingerprint density at radius 3 is 2.55 bits per heavy atom. The van der Waals surface area contributed by atoms with Crippen LogP contribution in [0.3, 0.4) is 0 Å². The van der Waals surface area contributed by atoms with Gasteiger partial charge in [-0.05, 0) is 43.0 Å². The van der Waals surface area contributed by atoms with Crippen LogP contribution in [-0.2, 0) is 24.0 Å². The Balaban J connectivity index is 1.65. The molecule has 1 saturated heterocycles. The summed E-state index contributed by atoms with van der Waals surface area (Å²) in [5.41, 5.74) is 4.01. The number of anilines is 1. The Bertz CT molecular complexity index is 1120. The zero-order valence-corrected chi connectivity index (χ0v) is 18.1. The first kappa shape index (κ1) is 21.2. The summed E-state index contributed by atoms with van der Waals surface area (Å²) in [5, 5.41) is 0. The fourth-order valence-electron chi connectivity index (χ4n) is 4.06. The van der Waals surface area contributed by atoms with Gasteiger partial charge in [-0.15, -0.1) is 0 Å². The second-order valence-corrected chi connectivity index (χ2v) is 7.90. The van der Waals surface area contributed by atoms with Crippen molar-refractivity contribution in [3.8, 4) is 5.69 Å². The average molecular weight is 422 g/mol. The van der Waals surface area contributed by atoms with E-state index in [9.17, 15) is 9.18 Å². The van der Waals surface area contributed by atoms with E-state index in [1.165, 1.54) is 27.8 Å². The smallest absolute Gasteiger partial charge is 0.258 e. The van der Waals surface area contributed by atoms with Crippen LogP contribution >= 0.6 is 0 Å². The van der Waals surface area contributed by atoms with Gasteiger partial charge in [0.25, 0.3) is 5.56 Å². The zero-order chi connectivity index (χ0) is 21.8. The summed E-state index contributed by atoms with van der Waals surface area (Å²) >= 11 is 0. The van der Waals surface area contributed by atoms with Crippen LogP contribution in [0.25, 0.3) is 5.69 Å². The summed E-state index contributed by atoms with van der Waals surface area (Å²) in [6.45, 7) is 6.44. The number of ether oxygens (including phenoxy) is 1. The third-order valence-electron chi connectivity index (χ3n) is 5.69. The number of hydrogen-bond acceptors (Lipinski definition) is 4. The highest BCUT2D eigenvalue weighted by Crippen LogP contribution is 2.23. The van der Waals surface area contributed by atoms with Gasteiger partial charge in [0, 0.05) is 37.3 Å². The van der Waals surface area contributed by atoms with E-state index in [1.54, 1.807) is 12.1 Å². The minimum absolute atomic E-state index is 0.191. The molecule has 1 aliphatic rings. The molecule has 0 saturated carbocycles. The number of aromatic nitrogens is 2. The number of halogens is 1. The normalized spacial score (nSPS) is 14.1. The van der Waals surface area contributed by atoms with Crippen molar-refractivity contribution in [3.05, 3.63) is 87.3 Å². The van der Waals surface area contributed by atoms with Crippen molar-refractivity contribution in [2.24, 2.45) is 0 Å². The van der Waals surface area contributed by atoms with Crippen LogP contribution in [0.4, 0.5) is 10.1 Å². The molecule has 0 unspecified atom stereocenters. The standard InChI is InChI=1S/C25H28FN3O2/c1-3-19-5-4-6-20(16-19)7-10-24-27-18(2)15-25(30)29(24)21-8-9-23(22(26)17-21)28-11-13-31-14-12-28/h4-6,8-9,15-17H,3,7,10-14H2,1-2H3. The third kappa shape index (κ3) is 4.85. The van der Waals surface area contributed by atoms with Crippen LogP contribution in [0, 0.1) is 12.7 Å². The van der Waals surface area contributed by atoms with Crippen molar-refractivity contribution >= 4 is 5.69 Å². The van der Waals surface area contributed by atoms with E-state index in [4.69, 9.17) is 4.74 Å². The fourth-order valence-corrected chi connectivity index (χ4v) is 4.06. The van der Waals surface area contributed by atoms with Gasteiger partial charge < -0.3 is 9.64 Å². The fraction of sp³-hybridized carbons (Fsp3) is 0.360. The van der Waals surface area contributed by atoms with Crippen molar-refractivity contribution < 1.29 is 9.13 Å². The Kier molecular flexibility index (Phi) is 6.47. The maximum atomic E-state index is 15.0. The predicted molar refractivity (Wildman–Crippen MR) is 121 cm³/mol. The van der Waals surface area contributed by atoms with Gasteiger partial charge >= 0.3 is 0 Å². The average Bonchev–Trinajstić information content (AvgIpc) is 2.78. The SMILES string of the molecule is CCc1cccc(CCc2nc(C)cc(=O)n2-c2ccc(N3CCOCC3)c(F)c2)c1. The van der Waals surface area contributed by atoms with E-state index >= 15 is 0 Å². The first-order valence-corrected chi connectivity index (χ1v) is 10.8. The number of hydrogen-bond donors (Lipinski definition) is 0. The van der Waals surface area contributed by atoms with Crippen LogP contribution in [0.15, 0.2) is 53.3 Å². The third-order valence-corrected chi connectivity index (χ3v) is 5.69. The quantitative estimate of drug-likeness (QED) is 0.606. The highest BCUT2D eigenvalue weighted by atomic mass is 19.1. The lowest BCUT2D eigenvalue weighted by atomic mass is 10.0. The summed E-state index contributed by atoms with van der Waals surface area (Å²) in [7, 11) is 0. The molecule has 0 N–H and O–H groups in total. The van der Waals surface area contributed by atoms with Crippen LogP contribution in [-0.4, -0.2) is 35.9 Å². The van der Waals surface area contributed by atoms with E-state index in [0.29, 0.717) is 55.6 Å². The van der Waals surface area contributed by atoms with Gasteiger partial charge in [-0.2, -0.15) is 0 Å². The molecule has 0 radical (unpaired) electrons. The molecule has 162 valence electrons. The maximum Gasteiger partial charge on any atom is 0.258 e. The van der Waals surface area contributed by atoms with Crippen molar-refractivity contribution in [2.45, 2.75) is 33.1 Å². The largest absolute Gasteiger partial charge is 0.378 e. The molecular formula is C25H28FN3O2. The first-order valence-electron chi connectivity index (χ1n) is 10.8.